The summed E-state index contributed by atoms with van der Waals surface area (Å²) in [7, 11) is -4.67. The molecule has 0 aromatic rings. The molecular formula is C41H78NO9P. The van der Waals surface area contributed by atoms with Crippen molar-refractivity contribution in [2.24, 2.45) is 0 Å². The second-order valence-electron chi connectivity index (χ2n) is 14.1. The molecule has 1 unspecified atom stereocenters. The molecule has 0 heterocycles. The standard InChI is InChI=1S/C41H78NO9P/c1-3-5-7-9-11-13-15-17-19-21-23-25-27-29-31-33-39(44)50-38(37-43)41(42-35-36-49-52(46,47)48)51-40(45)34-32-30-28-26-24-22-20-18-16-14-12-10-8-6-4-2/h17-20,38,41-43H,3-16,21-37H2,1-2H3,(H2,46,47,48)/b19-17-,20-18-/t38-,41?/m0/s1. The lowest BCUT2D eigenvalue weighted by molar-refractivity contribution is -0.174. The number of nitrogens with one attached hydrogen (secondary N) is 1. The topological polar surface area (TPSA) is 152 Å². The maximum absolute atomic E-state index is 12.7. The number of esters is 2. The first kappa shape index (κ1) is 50.5. The Morgan fingerprint density at radius 2 is 0.942 bits per heavy atom. The Hall–Kier alpha value is -1.55. The van der Waals surface area contributed by atoms with Crippen molar-refractivity contribution >= 4 is 19.8 Å². The number of phosphoric ester groups is 1. The van der Waals surface area contributed by atoms with E-state index < -0.39 is 38.7 Å². The van der Waals surface area contributed by atoms with Crippen LogP contribution < -0.4 is 5.32 Å². The molecule has 0 aliphatic carbocycles. The molecule has 0 aromatic carbocycles. The number of aliphatic hydroxyl groups excluding tert-OH is 1. The van der Waals surface area contributed by atoms with Gasteiger partial charge in [0.2, 0.25) is 0 Å². The van der Waals surface area contributed by atoms with Crippen LogP contribution in [0.15, 0.2) is 24.3 Å². The zero-order valence-corrected chi connectivity index (χ0v) is 34.0. The lowest BCUT2D eigenvalue weighted by atomic mass is 10.1. The predicted molar refractivity (Wildman–Crippen MR) is 212 cm³/mol. The number of phosphoric acid groups is 1. The van der Waals surface area contributed by atoms with E-state index in [9.17, 15) is 19.3 Å². The molecule has 0 aromatic heterocycles. The van der Waals surface area contributed by atoms with Gasteiger partial charge in [-0.3, -0.25) is 19.4 Å². The lowest BCUT2D eigenvalue weighted by Crippen LogP contribution is -2.48. The lowest BCUT2D eigenvalue weighted by Gasteiger charge is -2.26. The van der Waals surface area contributed by atoms with Crippen LogP contribution in [-0.4, -0.2) is 58.9 Å². The Kier molecular flexibility index (Phi) is 36.6. The van der Waals surface area contributed by atoms with E-state index >= 15 is 0 Å². The normalized spacial score (nSPS) is 13.2. The molecule has 0 amide bonds. The maximum atomic E-state index is 12.7. The van der Waals surface area contributed by atoms with Gasteiger partial charge in [0.05, 0.1) is 13.2 Å². The number of hydrogen-bond donors (Lipinski definition) is 4. The molecule has 0 aliphatic heterocycles. The Morgan fingerprint density at radius 3 is 1.33 bits per heavy atom. The Labute approximate surface area is 317 Å². The Morgan fingerprint density at radius 1 is 0.577 bits per heavy atom. The van der Waals surface area contributed by atoms with Gasteiger partial charge in [0.1, 0.15) is 0 Å². The van der Waals surface area contributed by atoms with Crippen LogP contribution in [0.4, 0.5) is 0 Å². The molecular weight excluding hydrogens is 681 g/mol. The van der Waals surface area contributed by atoms with Crippen molar-refractivity contribution in [2.45, 2.75) is 206 Å². The molecule has 11 heteroatoms. The van der Waals surface area contributed by atoms with E-state index in [0.717, 1.165) is 77.0 Å². The highest BCUT2D eigenvalue weighted by atomic mass is 31.2. The first-order valence-corrected chi connectivity index (χ1v) is 22.5. The van der Waals surface area contributed by atoms with Crippen molar-refractivity contribution in [1.82, 2.24) is 5.32 Å². The van der Waals surface area contributed by atoms with Crippen LogP contribution in [0.25, 0.3) is 0 Å². The minimum atomic E-state index is -4.67. The molecule has 306 valence electrons. The van der Waals surface area contributed by atoms with Crippen LogP contribution in [0.2, 0.25) is 0 Å². The Balaban J connectivity index is 4.34. The molecule has 2 atom stereocenters. The summed E-state index contributed by atoms with van der Waals surface area (Å²) in [4.78, 5) is 43.2. The van der Waals surface area contributed by atoms with Gasteiger partial charge >= 0.3 is 19.8 Å². The van der Waals surface area contributed by atoms with E-state index in [1.54, 1.807) is 0 Å². The van der Waals surface area contributed by atoms with E-state index in [4.69, 9.17) is 19.3 Å². The predicted octanol–water partition coefficient (Wildman–Crippen LogP) is 10.5. The Bertz CT molecular complexity index is 924. The van der Waals surface area contributed by atoms with Gasteiger partial charge in [-0.1, -0.05) is 141 Å². The fraction of sp³-hybridized carbons (Fsp3) is 0.854. The van der Waals surface area contributed by atoms with Gasteiger partial charge in [-0.05, 0) is 64.2 Å². The van der Waals surface area contributed by atoms with Crippen molar-refractivity contribution in [3.63, 3.8) is 0 Å². The summed E-state index contributed by atoms with van der Waals surface area (Å²) in [6.07, 6.45) is 37.1. The molecule has 0 bridgehead atoms. The first-order chi connectivity index (χ1) is 25.2. The third-order valence-electron chi connectivity index (χ3n) is 9.05. The molecule has 0 fully saturated rings. The summed E-state index contributed by atoms with van der Waals surface area (Å²) < 4.78 is 26.5. The van der Waals surface area contributed by atoms with Gasteiger partial charge in [-0.25, -0.2) is 4.57 Å². The zero-order chi connectivity index (χ0) is 38.4. The highest BCUT2D eigenvalue weighted by Gasteiger charge is 2.28. The molecule has 0 saturated carbocycles. The summed E-state index contributed by atoms with van der Waals surface area (Å²) >= 11 is 0. The largest absolute Gasteiger partial charge is 0.469 e. The first-order valence-electron chi connectivity index (χ1n) is 21.0. The van der Waals surface area contributed by atoms with Gasteiger partial charge in [0.25, 0.3) is 0 Å². The molecule has 0 spiro atoms. The molecule has 0 aliphatic rings. The SMILES string of the molecule is CCCCCCCC/C=C\CCCCCCCC(=O)OC(NCCOP(=O)(O)O)[C@H](CO)OC(=O)CCCCCCC/C=C\CCCCCCCC. The fourth-order valence-corrected chi connectivity index (χ4v) is 6.25. The molecule has 10 nitrogen and oxygen atoms in total. The fourth-order valence-electron chi connectivity index (χ4n) is 5.92. The number of unbranched alkanes of at least 4 members (excludes halogenated alkanes) is 22. The van der Waals surface area contributed by atoms with Crippen LogP contribution in [0.1, 0.15) is 194 Å². The summed E-state index contributed by atoms with van der Waals surface area (Å²) in [6.45, 7) is 3.43. The molecule has 0 saturated heterocycles. The van der Waals surface area contributed by atoms with Crippen LogP contribution in [-0.2, 0) is 28.2 Å². The van der Waals surface area contributed by atoms with Crippen molar-refractivity contribution in [3.8, 4) is 0 Å². The van der Waals surface area contributed by atoms with Gasteiger partial charge in [-0.15, -0.1) is 0 Å². The average molecular weight is 760 g/mol. The third kappa shape index (κ3) is 36.8. The highest BCUT2D eigenvalue weighted by molar-refractivity contribution is 7.46. The number of hydrogen-bond acceptors (Lipinski definition) is 8. The van der Waals surface area contributed by atoms with Crippen molar-refractivity contribution < 1.29 is 43.0 Å². The van der Waals surface area contributed by atoms with Crippen molar-refractivity contribution in [2.75, 3.05) is 19.8 Å². The summed E-state index contributed by atoms with van der Waals surface area (Å²) in [5.74, 6) is -0.999. The molecule has 0 rings (SSSR count). The molecule has 4 N–H and O–H groups in total. The average Bonchev–Trinajstić information content (AvgIpc) is 3.11. The third-order valence-corrected chi connectivity index (χ3v) is 9.57. The minimum absolute atomic E-state index is 0.0985. The van der Waals surface area contributed by atoms with Crippen LogP contribution in [0.5, 0.6) is 0 Å². The summed E-state index contributed by atoms with van der Waals surface area (Å²) in [6, 6.07) is 0. The number of ether oxygens (including phenoxy) is 2. The summed E-state index contributed by atoms with van der Waals surface area (Å²) in [5, 5.41) is 12.8. The number of carbonyl (C=O) groups excluding carboxylic acids is 2. The van der Waals surface area contributed by atoms with Crippen LogP contribution in [0, 0.1) is 0 Å². The second-order valence-corrected chi connectivity index (χ2v) is 15.3. The number of rotatable bonds is 39. The van der Waals surface area contributed by atoms with E-state index in [0.29, 0.717) is 12.8 Å². The molecule has 52 heavy (non-hydrogen) atoms. The van der Waals surface area contributed by atoms with Crippen LogP contribution in [0.3, 0.4) is 0 Å². The molecule has 0 radical (unpaired) electrons. The van der Waals surface area contributed by atoms with Crippen molar-refractivity contribution in [3.05, 3.63) is 24.3 Å². The zero-order valence-electron chi connectivity index (χ0n) is 33.1. The highest BCUT2D eigenvalue weighted by Crippen LogP contribution is 2.35. The second kappa shape index (κ2) is 37.8. The van der Waals surface area contributed by atoms with E-state index in [-0.39, 0.29) is 26.0 Å². The van der Waals surface area contributed by atoms with E-state index in [1.165, 1.54) is 77.0 Å². The number of aliphatic hydroxyl groups is 1. The monoisotopic (exact) mass is 760 g/mol. The smallest absolute Gasteiger partial charge is 0.454 e. The number of allylic oxidation sites excluding steroid dienone is 4. The quantitative estimate of drug-likeness (QED) is 0.0157. The van der Waals surface area contributed by atoms with Crippen molar-refractivity contribution in [1.29, 1.82) is 0 Å². The van der Waals surface area contributed by atoms with Gasteiger partial charge < -0.3 is 24.4 Å². The number of carbonyl (C=O) groups is 2. The van der Waals surface area contributed by atoms with Gasteiger partial charge in [0.15, 0.2) is 12.3 Å². The van der Waals surface area contributed by atoms with Crippen LogP contribution >= 0.6 is 7.82 Å². The van der Waals surface area contributed by atoms with Gasteiger partial charge in [0, 0.05) is 19.4 Å². The maximum Gasteiger partial charge on any atom is 0.469 e. The van der Waals surface area contributed by atoms with E-state index in [2.05, 4.69) is 48.0 Å². The summed E-state index contributed by atoms with van der Waals surface area (Å²) in [5.41, 5.74) is 0. The minimum Gasteiger partial charge on any atom is -0.454 e. The van der Waals surface area contributed by atoms with E-state index in [1.807, 2.05) is 0 Å². The van der Waals surface area contributed by atoms with Gasteiger partial charge in [-0.2, -0.15) is 0 Å².